The normalized spacial score (nSPS) is 10.7. The van der Waals surface area contributed by atoms with Gasteiger partial charge in [-0.1, -0.05) is 13.0 Å². The Morgan fingerprint density at radius 2 is 1.94 bits per heavy atom. The van der Waals surface area contributed by atoms with E-state index in [1.54, 1.807) is 6.07 Å². The van der Waals surface area contributed by atoms with Crippen LogP contribution in [0.1, 0.15) is 24.5 Å². The fourth-order valence-electron chi connectivity index (χ4n) is 1.66. The number of aryl methyl sites for hydroxylation is 1. The number of carbonyl (C=O) groups is 1. The first-order valence-electron chi connectivity index (χ1n) is 6.18. The molecule has 0 fully saturated rings. The lowest BCUT2D eigenvalue weighted by molar-refractivity contribution is -0.116. The summed E-state index contributed by atoms with van der Waals surface area (Å²) in [6.07, 6.45) is 1.27. The molecule has 18 heavy (non-hydrogen) atoms. The average Bonchev–Trinajstić information content (AvgIpc) is 2.35. The van der Waals surface area contributed by atoms with E-state index in [0.717, 1.165) is 12.0 Å². The van der Waals surface area contributed by atoms with E-state index in [4.69, 9.17) is 0 Å². The van der Waals surface area contributed by atoms with Crippen LogP contribution in [0.3, 0.4) is 0 Å². The predicted octanol–water partition coefficient (Wildman–Crippen LogP) is 2.61. The van der Waals surface area contributed by atoms with Crippen LogP contribution in [0, 0.1) is 0 Å². The Morgan fingerprint density at radius 3 is 2.50 bits per heavy atom. The summed E-state index contributed by atoms with van der Waals surface area (Å²) in [7, 11) is 3.85. The van der Waals surface area contributed by atoms with Gasteiger partial charge in [-0.15, -0.1) is 0 Å². The lowest BCUT2D eigenvalue weighted by Gasteiger charge is -2.11. The second kappa shape index (κ2) is 7.11. The molecule has 0 atom stereocenters. The number of carbonyl (C=O) groups excluding carboxylic acids is 1. The highest BCUT2D eigenvalue weighted by molar-refractivity contribution is 5.91. The van der Waals surface area contributed by atoms with Crippen LogP contribution < -0.4 is 5.32 Å². The van der Waals surface area contributed by atoms with E-state index in [0.29, 0.717) is 24.2 Å². The van der Waals surface area contributed by atoms with Crippen LogP contribution in [0.5, 0.6) is 0 Å². The molecule has 100 valence electrons. The predicted molar refractivity (Wildman–Crippen MR) is 72.4 cm³/mol. The van der Waals surface area contributed by atoms with E-state index in [1.165, 1.54) is 0 Å². The Hall–Kier alpha value is -1.42. The summed E-state index contributed by atoms with van der Waals surface area (Å²) in [5, 5.41) is 2.81. The van der Waals surface area contributed by atoms with Crippen molar-refractivity contribution in [3.05, 3.63) is 29.3 Å². The summed E-state index contributed by atoms with van der Waals surface area (Å²) < 4.78 is 12.7. The molecular formula is C14H21FN2O. The molecule has 1 amide bonds. The zero-order valence-corrected chi connectivity index (χ0v) is 11.3. The summed E-state index contributed by atoms with van der Waals surface area (Å²) in [4.78, 5) is 13.6. The van der Waals surface area contributed by atoms with Gasteiger partial charge in [-0.3, -0.25) is 4.79 Å². The van der Waals surface area contributed by atoms with Gasteiger partial charge < -0.3 is 10.2 Å². The second-order valence-corrected chi connectivity index (χ2v) is 4.63. The fraction of sp³-hybridized carbons (Fsp3) is 0.500. The van der Waals surface area contributed by atoms with Crippen LogP contribution >= 0.6 is 0 Å². The number of rotatable bonds is 6. The molecule has 0 spiro atoms. The van der Waals surface area contributed by atoms with Gasteiger partial charge in [-0.2, -0.15) is 0 Å². The van der Waals surface area contributed by atoms with Crippen LogP contribution in [0.4, 0.5) is 10.1 Å². The monoisotopic (exact) mass is 252 g/mol. The quantitative estimate of drug-likeness (QED) is 0.844. The van der Waals surface area contributed by atoms with Gasteiger partial charge in [0.1, 0.15) is 6.67 Å². The van der Waals surface area contributed by atoms with Gasteiger partial charge in [-0.05, 0) is 43.8 Å². The smallest absolute Gasteiger partial charge is 0.225 e. The molecule has 0 radical (unpaired) electrons. The molecule has 0 aliphatic heterocycles. The molecule has 1 aromatic rings. The van der Waals surface area contributed by atoms with E-state index < -0.39 is 6.67 Å². The van der Waals surface area contributed by atoms with Gasteiger partial charge >= 0.3 is 0 Å². The number of halogens is 1. The molecule has 0 aromatic heterocycles. The number of alkyl halides is 1. The number of hydrogen-bond acceptors (Lipinski definition) is 2. The lowest BCUT2D eigenvalue weighted by Crippen LogP contribution is -2.20. The van der Waals surface area contributed by atoms with Crippen LogP contribution in [-0.2, 0) is 17.9 Å². The largest absolute Gasteiger partial charge is 0.326 e. The first-order chi connectivity index (χ1) is 8.55. The van der Waals surface area contributed by atoms with Crippen molar-refractivity contribution in [3.63, 3.8) is 0 Å². The zero-order valence-electron chi connectivity index (χ0n) is 11.3. The topological polar surface area (TPSA) is 32.3 Å². The van der Waals surface area contributed by atoms with E-state index in [2.05, 4.69) is 5.32 Å². The van der Waals surface area contributed by atoms with E-state index in [9.17, 15) is 9.18 Å². The number of benzene rings is 1. The number of nitrogens with zero attached hydrogens (tertiary/aromatic N) is 1. The molecule has 0 aliphatic rings. The summed E-state index contributed by atoms with van der Waals surface area (Å²) in [5.74, 6) is -0.0400. The maximum Gasteiger partial charge on any atom is 0.225 e. The Kier molecular flexibility index (Phi) is 5.78. The number of amides is 1. The van der Waals surface area contributed by atoms with E-state index in [1.807, 2.05) is 38.1 Å². The Bertz CT molecular complexity index is 383. The molecule has 3 nitrogen and oxygen atoms in total. The van der Waals surface area contributed by atoms with Crippen molar-refractivity contribution in [1.82, 2.24) is 4.90 Å². The maximum absolute atomic E-state index is 12.7. The molecule has 1 rings (SSSR count). The third kappa shape index (κ3) is 4.84. The van der Waals surface area contributed by atoms with Crippen molar-refractivity contribution in [2.45, 2.75) is 26.4 Å². The van der Waals surface area contributed by atoms with Crippen molar-refractivity contribution in [3.8, 4) is 0 Å². The highest BCUT2D eigenvalue weighted by Crippen LogP contribution is 2.16. The third-order valence-electron chi connectivity index (χ3n) is 2.68. The molecular weight excluding hydrogens is 231 g/mol. The molecule has 1 aromatic carbocycles. The van der Waals surface area contributed by atoms with E-state index >= 15 is 0 Å². The van der Waals surface area contributed by atoms with Crippen molar-refractivity contribution < 1.29 is 9.18 Å². The lowest BCUT2D eigenvalue weighted by atomic mass is 10.1. The van der Waals surface area contributed by atoms with Gasteiger partial charge in [0.05, 0.1) is 0 Å². The SMILES string of the molecule is CCc1cc(CF)cc(NC(=O)CCN(C)C)c1. The zero-order chi connectivity index (χ0) is 13.5. The summed E-state index contributed by atoms with van der Waals surface area (Å²) in [6.45, 7) is 2.21. The minimum atomic E-state index is -0.506. The first kappa shape index (κ1) is 14.6. The van der Waals surface area contributed by atoms with Gasteiger partial charge in [0.2, 0.25) is 5.91 Å². The molecule has 0 bridgehead atoms. The minimum absolute atomic E-state index is 0.0400. The van der Waals surface area contributed by atoms with Crippen molar-refractivity contribution in [1.29, 1.82) is 0 Å². The highest BCUT2D eigenvalue weighted by atomic mass is 19.1. The van der Waals surface area contributed by atoms with Gasteiger partial charge in [0.25, 0.3) is 0 Å². The van der Waals surface area contributed by atoms with Gasteiger partial charge in [0.15, 0.2) is 0 Å². The molecule has 0 saturated carbocycles. The number of anilines is 1. The average molecular weight is 252 g/mol. The Labute approximate surface area is 108 Å². The molecule has 4 heteroatoms. The highest BCUT2D eigenvalue weighted by Gasteiger charge is 2.05. The van der Waals surface area contributed by atoms with Crippen LogP contribution in [0.25, 0.3) is 0 Å². The second-order valence-electron chi connectivity index (χ2n) is 4.63. The molecule has 0 aliphatic carbocycles. The van der Waals surface area contributed by atoms with Gasteiger partial charge in [0, 0.05) is 18.7 Å². The molecule has 0 heterocycles. The van der Waals surface area contributed by atoms with Crippen molar-refractivity contribution in [2.75, 3.05) is 26.0 Å². The standard InChI is InChI=1S/C14H21FN2O/c1-4-11-7-12(10-15)9-13(8-11)16-14(18)5-6-17(2)3/h7-9H,4-6,10H2,1-3H3,(H,16,18). The maximum atomic E-state index is 12.7. The fourth-order valence-corrected chi connectivity index (χ4v) is 1.66. The van der Waals surface area contributed by atoms with Crippen LogP contribution in [0.2, 0.25) is 0 Å². The summed E-state index contributed by atoms with van der Waals surface area (Å²) in [6, 6.07) is 5.41. The summed E-state index contributed by atoms with van der Waals surface area (Å²) in [5.41, 5.74) is 2.33. The number of hydrogen-bond donors (Lipinski definition) is 1. The molecule has 1 N–H and O–H groups in total. The molecule has 0 unspecified atom stereocenters. The summed E-state index contributed by atoms with van der Waals surface area (Å²) >= 11 is 0. The van der Waals surface area contributed by atoms with Gasteiger partial charge in [-0.25, -0.2) is 4.39 Å². The Balaban J connectivity index is 2.68. The van der Waals surface area contributed by atoms with Crippen molar-refractivity contribution in [2.24, 2.45) is 0 Å². The van der Waals surface area contributed by atoms with Crippen LogP contribution in [-0.4, -0.2) is 31.4 Å². The third-order valence-corrected chi connectivity index (χ3v) is 2.68. The van der Waals surface area contributed by atoms with Crippen LogP contribution in [0.15, 0.2) is 18.2 Å². The van der Waals surface area contributed by atoms with Crippen molar-refractivity contribution >= 4 is 11.6 Å². The molecule has 0 saturated heterocycles. The minimum Gasteiger partial charge on any atom is -0.326 e. The Morgan fingerprint density at radius 1 is 1.28 bits per heavy atom. The van der Waals surface area contributed by atoms with E-state index in [-0.39, 0.29) is 5.91 Å². The number of nitrogens with one attached hydrogen (secondary N) is 1. The first-order valence-corrected chi connectivity index (χ1v) is 6.18.